The molecule has 1 aromatic carbocycles. The van der Waals surface area contributed by atoms with Gasteiger partial charge in [-0.1, -0.05) is 19.9 Å². The zero-order chi connectivity index (χ0) is 16.4. The van der Waals surface area contributed by atoms with Crippen molar-refractivity contribution >= 4 is 11.9 Å². The van der Waals surface area contributed by atoms with Gasteiger partial charge < -0.3 is 14.2 Å². The lowest BCUT2D eigenvalue weighted by molar-refractivity contribution is 0.0962. The second-order valence-electron chi connectivity index (χ2n) is 5.07. The zero-order valence-electron chi connectivity index (χ0n) is 13.6. The smallest absolute Gasteiger partial charge is 0.291 e. The number of aliphatic imine (C=N–C) groups is 1. The van der Waals surface area contributed by atoms with Gasteiger partial charge >= 0.3 is 0 Å². The molecule has 0 fully saturated rings. The van der Waals surface area contributed by atoms with Crippen LogP contribution in [0, 0.1) is 5.92 Å². The van der Waals surface area contributed by atoms with E-state index >= 15 is 0 Å². The SMILES string of the molecule is COCCN=C(NC(=O)c1cccc(OC)c1)OCC(C)C. The summed E-state index contributed by atoms with van der Waals surface area (Å²) in [5.41, 5.74) is 0.479. The van der Waals surface area contributed by atoms with Crippen LogP contribution in [0.4, 0.5) is 0 Å². The first-order valence-corrected chi connectivity index (χ1v) is 7.18. The maximum Gasteiger partial charge on any atom is 0.291 e. The fourth-order valence-electron chi connectivity index (χ4n) is 1.54. The lowest BCUT2D eigenvalue weighted by Gasteiger charge is -2.12. The van der Waals surface area contributed by atoms with Gasteiger partial charge in [0.25, 0.3) is 11.9 Å². The molecular weight excluding hydrogens is 284 g/mol. The number of methoxy groups -OCH3 is 2. The molecule has 0 aliphatic carbocycles. The molecule has 122 valence electrons. The van der Waals surface area contributed by atoms with E-state index < -0.39 is 0 Å². The van der Waals surface area contributed by atoms with Crippen molar-refractivity contribution < 1.29 is 19.0 Å². The van der Waals surface area contributed by atoms with Gasteiger partial charge in [0.2, 0.25) is 0 Å². The Labute approximate surface area is 131 Å². The van der Waals surface area contributed by atoms with Crippen molar-refractivity contribution in [2.45, 2.75) is 13.8 Å². The van der Waals surface area contributed by atoms with Gasteiger partial charge in [0.1, 0.15) is 5.75 Å². The zero-order valence-corrected chi connectivity index (χ0v) is 13.6. The molecule has 0 aliphatic rings. The van der Waals surface area contributed by atoms with Crippen LogP contribution in [0.1, 0.15) is 24.2 Å². The molecule has 0 aliphatic heterocycles. The van der Waals surface area contributed by atoms with Gasteiger partial charge in [0.15, 0.2) is 0 Å². The Morgan fingerprint density at radius 2 is 2.09 bits per heavy atom. The fourth-order valence-corrected chi connectivity index (χ4v) is 1.54. The largest absolute Gasteiger partial charge is 0.497 e. The summed E-state index contributed by atoms with van der Waals surface area (Å²) in [6.07, 6.45) is 0. The van der Waals surface area contributed by atoms with E-state index in [9.17, 15) is 4.79 Å². The number of amides is 1. The summed E-state index contributed by atoms with van der Waals surface area (Å²) in [5.74, 6) is 0.661. The monoisotopic (exact) mass is 308 g/mol. The molecule has 0 saturated heterocycles. The Hall–Kier alpha value is -2.08. The van der Waals surface area contributed by atoms with Crippen LogP contribution in [-0.2, 0) is 9.47 Å². The summed E-state index contributed by atoms with van der Waals surface area (Å²) in [5, 5.41) is 2.68. The van der Waals surface area contributed by atoms with Gasteiger partial charge in [-0.2, -0.15) is 0 Å². The van der Waals surface area contributed by atoms with Crippen molar-refractivity contribution in [1.29, 1.82) is 0 Å². The van der Waals surface area contributed by atoms with E-state index in [2.05, 4.69) is 10.3 Å². The Morgan fingerprint density at radius 1 is 1.32 bits per heavy atom. The second-order valence-corrected chi connectivity index (χ2v) is 5.07. The third-order valence-electron chi connectivity index (χ3n) is 2.66. The van der Waals surface area contributed by atoms with Crippen LogP contribution in [0.15, 0.2) is 29.3 Å². The summed E-state index contributed by atoms with van der Waals surface area (Å²) >= 11 is 0. The molecule has 0 saturated carbocycles. The number of ether oxygens (including phenoxy) is 3. The van der Waals surface area contributed by atoms with Gasteiger partial charge in [0, 0.05) is 12.7 Å². The Bertz CT molecular complexity index is 501. The van der Waals surface area contributed by atoms with Crippen LogP contribution < -0.4 is 10.1 Å². The first kappa shape index (κ1) is 18.0. The molecule has 6 heteroatoms. The average Bonchev–Trinajstić information content (AvgIpc) is 2.52. The molecule has 0 heterocycles. The number of hydrogen-bond donors (Lipinski definition) is 1. The van der Waals surface area contributed by atoms with E-state index in [0.29, 0.717) is 37.0 Å². The molecule has 0 aromatic heterocycles. The normalized spacial score (nSPS) is 11.4. The highest BCUT2D eigenvalue weighted by molar-refractivity contribution is 6.04. The minimum atomic E-state index is -0.293. The highest BCUT2D eigenvalue weighted by atomic mass is 16.5. The van der Waals surface area contributed by atoms with Crippen LogP contribution in [0.25, 0.3) is 0 Å². The van der Waals surface area contributed by atoms with Gasteiger partial charge in [-0.05, 0) is 24.1 Å². The lowest BCUT2D eigenvalue weighted by atomic mass is 10.2. The van der Waals surface area contributed by atoms with Crippen LogP contribution in [0.5, 0.6) is 5.75 Å². The van der Waals surface area contributed by atoms with Crippen LogP contribution in [0.2, 0.25) is 0 Å². The predicted molar refractivity (Wildman–Crippen MR) is 85.4 cm³/mol. The van der Waals surface area contributed by atoms with Gasteiger partial charge in [-0.25, -0.2) is 4.99 Å². The van der Waals surface area contributed by atoms with E-state index in [4.69, 9.17) is 14.2 Å². The maximum atomic E-state index is 12.2. The Morgan fingerprint density at radius 3 is 2.73 bits per heavy atom. The van der Waals surface area contributed by atoms with Gasteiger partial charge in [0.05, 0.1) is 26.9 Å². The average molecular weight is 308 g/mol. The summed E-state index contributed by atoms with van der Waals surface area (Å²) in [4.78, 5) is 16.4. The van der Waals surface area contributed by atoms with Crippen LogP contribution in [0.3, 0.4) is 0 Å². The highest BCUT2D eigenvalue weighted by Crippen LogP contribution is 2.12. The number of nitrogens with zero attached hydrogens (tertiary/aromatic N) is 1. The number of rotatable bonds is 7. The third kappa shape index (κ3) is 6.58. The predicted octanol–water partition coefficient (Wildman–Crippen LogP) is 2.10. The molecule has 22 heavy (non-hydrogen) atoms. The molecule has 1 N–H and O–H groups in total. The third-order valence-corrected chi connectivity index (χ3v) is 2.66. The van der Waals surface area contributed by atoms with E-state index in [1.54, 1.807) is 38.5 Å². The summed E-state index contributed by atoms with van der Waals surface area (Å²) in [6, 6.07) is 7.10. The number of amidine groups is 1. The lowest BCUT2D eigenvalue weighted by Crippen LogP contribution is -2.33. The molecule has 0 atom stereocenters. The van der Waals surface area contributed by atoms with Crippen molar-refractivity contribution in [2.75, 3.05) is 34.0 Å². The van der Waals surface area contributed by atoms with Crippen molar-refractivity contribution in [3.05, 3.63) is 29.8 Å². The number of carbonyl (C=O) groups is 1. The molecule has 1 aromatic rings. The number of benzene rings is 1. The topological polar surface area (TPSA) is 69.2 Å². The molecular formula is C16H24N2O4. The Balaban J connectivity index is 2.73. The van der Waals surface area contributed by atoms with Crippen molar-refractivity contribution in [3.8, 4) is 5.75 Å². The van der Waals surface area contributed by atoms with Crippen molar-refractivity contribution in [1.82, 2.24) is 5.32 Å². The molecule has 0 unspecified atom stereocenters. The standard InChI is InChI=1S/C16H24N2O4/c1-12(2)11-22-16(17-8-9-20-3)18-15(19)13-6-5-7-14(10-13)21-4/h5-7,10,12H,8-9,11H2,1-4H3,(H,17,18,19). The highest BCUT2D eigenvalue weighted by Gasteiger charge is 2.11. The molecule has 0 radical (unpaired) electrons. The van der Waals surface area contributed by atoms with Crippen LogP contribution >= 0.6 is 0 Å². The number of nitrogens with one attached hydrogen (secondary N) is 1. The van der Waals surface area contributed by atoms with E-state index in [-0.39, 0.29) is 11.9 Å². The van der Waals surface area contributed by atoms with Crippen LogP contribution in [-0.4, -0.2) is 45.9 Å². The minimum Gasteiger partial charge on any atom is -0.497 e. The molecule has 1 rings (SSSR count). The van der Waals surface area contributed by atoms with Crippen molar-refractivity contribution in [2.24, 2.45) is 10.9 Å². The minimum absolute atomic E-state index is 0.207. The Kier molecular flexibility index (Phi) is 7.99. The summed E-state index contributed by atoms with van der Waals surface area (Å²) < 4.78 is 15.6. The molecule has 6 nitrogen and oxygen atoms in total. The first-order valence-electron chi connectivity index (χ1n) is 7.18. The second kappa shape index (κ2) is 9.78. The quantitative estimate of drug-likeness (QED) is 0.476. The number of carbonyl (C=O) groups excluding carboxylic acids is 1. The van der Waals surface area contributed by atoms with E-state index in [1.165, 1.54) is 0 Å². The number of hydrogen-bond acceptors (Lipinski definition) is 5. The van der Waals surface area contributed by atoms with E-state index in [1.807, 2.05) is 13.8 Å². The van der Waals surface area contributed by atoms with E-state index in [0.717, 1.165) is 0 Å². The maximum absolute atomic E-state index is 12.2. The molecule has 1 amide bonds. The molecule has 0 bridgehead atoms. The molecule has 0 spiro atoms. The first-order chi connectivity index (χ1) is 10.6. The summed E-state index contributed by atoms with van der Waals surface area (Å²) in [6.45, 7) is 5.41. The fraction of sp³-hybridized carbons (Fsp3) is 0.500. The summed E-state index contributed by atoms with van der Waals surface area (Å²) in [7, 11) is 3.15. The van der Waals surface area contributed by atoms with Gasteiger partial charge in [-0.3, -0.25) is 10.1 Å². The van der Waals surface area contributed by atoms with Gasteiger partial charge in [-0.15, -0.1) is 0 Å². The van der Waals surface area contributed by atoms with Crippen molar-refractivity contribution in [3.63, 3.8) is 0 Å².